The van der Waals surface area contributed by atoms with Crippen LogP contribution in [0.1, 0.15) is 17.3 Å². The molecule has 184 valence electrons. The number of rotatable bonds is 6. The second-order valence-electron chi connectivity index (χ2n) is 8.38. The van der Waals surface area contributed by atoms with E-state index in [0.29, 0.717) is 60.2 Å². The summed E-state index contributed by atoms with van der Waals surface area (Å²) in [5, 5.41) is 3.89. The molecule has 5 rings (SSSR count). The fourth-order valence-corrected chi connectivity index (χ4v) is 4.41. The lowest BCUT2D eigenvalue weighted by molar-refractivity contribution is 0.101. The molecule has 2 aromatic carbocycles. The minimum atomic E-state index is -0.669. The Balaban J connectivity index is 1.52. The van der Waals surface area contributed by atoms with Crippen LogP contribution in [0.2, 0.25) is 0 Å². The predicted molar refractivity (Wildman–Crippen MR) is 135 cm³/mol. The van der Waals surface area contributed by atoms with Gasteiger partial charge in [-0.25, -0.2) is 14.2 Å². The molecule has 0 saturated carbocycles. The molecule has 1 saturated heterocycles. The summed E-state index contributed by atoms with van der Waals surface area (Å²) in [5.74, 6) is 0.225. The summed E-state index contributed by atoms with van der Waals surface area (Å²) >= 11 is 0. The van der Waals surface area contributed by atoms with Crippen molar-refractivity contribution in [2.75, 3.05) is 43.6 Å². The van der Waals surface area contributed by atoms with Gasteiger partial charge in [0.1, 0.15) is 28.5 Å². The molecule has 1 N–H and O–H groups in total. The summed E-state index contributed by atoms with van der Waals surface area (Å²) in [6, 6.07) is 13.3. The normalized spacial score (nSPS) is 13.6. The summed E-state index contributed by atoms with van der Waals surface area (Å²) in [7, 11) is 1.49. The maximum Gasteiger partial charge on any atom is 0.349 e. The van der Waals surface area contributed by atoms with Gasteiger partial charge in [0.15, 0.2) is 5.78 Å². The predicted octanol–water partition coefficient (Wildman–Crippen LogP) is 4.79. The number of ether oxygens (including phenoxy) is 2. The number of Topliss-reactive ketones (excluding diaryl/α,β-unsaturated/α-hetero) is 1. The van der Waals surface area contributed by atoms with Gasteiger partial charge in [-0.2, -0.15) is 0 Å². The first kappa shape index (κ1) is 23.5. The number of methoxy groups -OCH3 is 1. The fourth-order valence-electron chi connectivity index (χ4n) is 4.41. The average Bonchev–Trinajstić information content (AvgIpc) is 2.88. The average molecular weight is 490 g/mol. The molecule has 0 atom stereocenters. The van der Waals surface area contributed by atoms with E-state index >= 15 is 0 Å². The van der Waals surface area contributed by atoms with E-state index < -0.39 is 5.63 Å². The van der Waals surface area contributed by atoms with Crippen molar-refractivity contribution < 1.29 is 23.1 Å². The number of carbonyl (C=O) groups excluding carboxylic acids is 1. The van der Waals surface area contributed by atoms with Gasteiger partial charge in [-0.05, 0) is 48.9 Å². The van der Waals surface area contributed by atoms with E-state index in [2.05, 4.69) is 10.3 Å². The van der Waals surface area contributed by atoms with Gasteiger partial charge >= 0.3 is 5.63 Å². The van der Waals surface area contributed by atoms with Crippen LogP contribution >= 0.6 is 0 Å². The molecule has 9 heteroatoms. The number of hydrogen-bond donors (Lipinski definition) is 1. The van der Waals surface area contributed by atoms with Crippen molar-refractivity contribution in [3.63, 3.8) is 0 Å². The van der Waals surface area contributed by atoms with E-state index in [1.165, 1.54) is 26.2 Å². The minimum absolute atomic E-state index is 0.0488. The standard InChI is InChI=1S/C27H24FN3O5/c1-16(32)25-26(31-9-11-35-12-10-31)21-6-4-19(15-23(21)36-27(25)33)30-24-13-17(7-8-29-24)20-5-3-18(28)14-22(20)34-2/h3-8,13-15H,9-12H2,1-2H3,(H,29,30). The van der Waals surface area contributed by atoms with Crippen molar-refractivity contribution in [3.8, 4) is 16.9 Å². The second kappa shape index (κ2) is 9.79. The van der Waals surface area contributed by atoms with E-state index in [9.17, 15) is 14.0 Å². The van der Waals surface area contributed by atoms with Crippen LogP contribution in [0.5, 0.6) is 5.75 Å². The molecule has 1 fully saturated rings. The van der Waals surface area contributed by atoms with Gasteiger partial charge in [-0.15, -0.1) is 0 Å². The molecule has 3 heterocycles. The molecule has 0 spiro atoms. The monoisotopic (exact) mass is 489 g/mol. The molecule has 4 aromatic rings. The second-order valence-corrected chi connectivity index (χ2v) is 8.38. The van der Waals surface area contributed by atoms with Crippen molar-refractivity contribution in [1.82, 2.24) is 4.98 Å². The fraction of sp³-hybridized carbons (Fsp3) is 0.222. The van der Waals surface area contributed by atoms with Crippen molar-refractivity contribution in [3.05, 3.63) is 76.5 Å². The largest absolute Gasteiger partial charge is 0.496 e. The highest BCUT2D eigenvalue weighted by atomic mass is 19.1. The Morgan fingerprint density at radius 3 is 2.67 bits per heavy atom. The Morgan fingerprint density at radius 1 is 1.11 bits per heavy atom. The quantitative estimate of drug-likeness (QED) is 0.305. The number of halogens is 1. The minimum Gasteiger partial charge on any atom is -0.496 e. The van der Waals surface area contributed by atoms with Crippen LogP contribution in [0.25, 0.3) is 22.1 Å². The number of anilines is 3. The number of aromatic nitrogens is 1. The molecule has 0 amide bonds. The first-order valence-corrected chi connectivity index (χ1v) is 11.5. The summed E-state index contributed by atoms with van der Waals surface area (Å²) < 4.78 is 29.9. The van der Waals surface area contributed by atoms with Gasteiger partial charge in [0.25, 0.3) is 0 Å². The molecular weight excluding hydrogens is 465 g/mol. The van der Waals surface area contributed by atoms with E-state index in [-0.39, 0.29) is 17.2 Å². The van der Waals surface area contributed by atoms with Gasteiger partial charge in [0.05, 0.1) is 26.0 Å². The molecule has 36 heavy (non-hydrogen) atoms. The van der Waals surface area contributed by atoms with Gasteiger partial charge in [-0.3, -0.25) is 4.79 Å². The third-order valence-corrected chi connectivity index (χ3v) is 6.07. The van der Waals surface area contributed by atoms with Crippen molar-refractivity contribution in [1.29, 1.82) is 0 Å². The topological polar surface area (TPSA) is 93.9 Å². The van der Waals surface area contributed by atoms with E-state index in [0.717, 1.165) is 11.1 Å². The van der Waals surface area contributed by atoms with Crippen LogP contribution in [0.3, 0.4) is 0 Å². The Labute approximate surface area is 206 Å². The third kappa shape index (κ3) is 4.52. The lowest BCUT2D eigenvalue weighted by Crippen LogP contribution is -2.38. The molecule has 0 radical (unpaired) electrons. The Morgan fingerprint density at radius 2 is 1.92 bits per heavy atom. The van der Waals surface area contributed by atoms with Crippen LogP contribution in [-0.4, -0.2) is 44.2 Å². The molecule has 8 nitrogen and oxygen atoms in total. The van der Waals surface area contributed by atoms with Crippen LogP contribution in [0.4, 0.5) is 21.6 Å². The summed E-state index contributed by atoms with van der Waals surface area (Å²) in [5.41, 5.74) is 2.47. The van der Waals surface area contributed by atoms with E-state index in [4.69, 9.17) is 13.9 Å². The number of nitrogens with zero attached hydrogens (tertiary/aromatic N) is 2. The van der Waals surface area contributed by atoms with E-state index in [1.807, 2.05) is 23.1 Å². The van der Waals surface area contributed by atoms with Crippen molar-refractivity contribution in [2.24, 2.45) is 0 Å². The first-order chi connectivity index (χ1) is 17.4. The number of ketones is 1. The lowest BCUT2D eigenvalue weighted by Gasteiger charge is -2.30. The maximum absolute atomic E-state index is 13.6. The van der Waals surface area contributed by atoms with Crippen LogP contribution in [0, 0.1) is 5.82 Å². The number of morpholine rings is 1. The van der Waals surface area contributed by atoms with Gasteiger partial charge < -0.3 is 24.1 Å². The number of carbonyl (C=O) groups is 1. The molecule has 2 aromatic heterocycles. The zero-order valence-corrected chi connectivity index (χ0v) is 19.8. The van der Waals surface area contributed by atoms with Crippen molar-refractivity contribution >= 4 is 33.9 Å². The number of hydrogen-bond acceptors (Lipinski definition) is 8. The lowest BCUT2D eigenvalue weighted by atomic mass is 10.0. The maximum atomic E-state index is 13.6. The SMILES string of the molecule is COc1cc(F)ccc1-c1ccnc(Nc2ccc3c(N4CCOCC4)c(C(C)=O)c(=O)oc3c2)c1. The molecule has 0 unspecified atom stereocenters. The smallest absolute Gasteiger partial charge is 0.349 e. The highest BCUT2D eigenvalue weighted by Gasteiger charge is 2.24. The summed E-state index contributed by atoms with van der Waals surface area (Å²) in [6.07, 6.45) is 1.64. The van der Waals surface area contributed by atoms with Crippen LogP contribution in [-0.2, 0) is 4.74 Å². The highest BCUT2D eigenvalue weighted by molar-refractivity contribution is 6.07. The highest BCUT2D eigenvalue weighted by Crippen LogP contribution is 2.34. The molecule has 0 bridgehead atoms. The number of benzene rings is 2. The third-order valence-electron chi connectivity index (χ3n) is 6.07. The number of fused-ring (bicyclic) bond motifs is 1. The molecule has 1 aliphatic rings. The first-order valence-electron chi connectivity index (χ1n) is 11.5. The van der Waals surface area contributed by atoms with Gasteiger partial charge in [0.2, 0.25) is 0 Å². The molecule has 1 aliphatic heterocycles. The van der Waals surface area contributed by atoms with Crippen molar-refractivity contribution in [2.45, 2.75) is 6.92 Å². The Bertz CT molecular complexity index is 1510. The van der Waals surface area contributed by atoms with E-state index in [1.54, 1.807) is 24.4 Å². The van der Waals surface area contributed by atoms with Gasteiger partial charge in [-0.1, -0.05) is 0 Å². The zero-order chi connectivity index (χ0) is 25.2. The van der Waals surface area contributed by atoms with Crippen LogP contribution in [0.15, 0.2) is 63.9 Å². The summed E-state index contributed by atoms with van der Waals surface area (Å²) in [4.78, 5) is 31.5. The zero-order valence-electron chi connectivity index (χ0n) is 19.8. The van der Waals surface area contributed by atoms with Gasteiger partial charge in [0, 0.05) is 48.1 Å². The Hall–Kier alpha value is -4.24. The van der Waals surface area contributed by atoms with Crippen LogP contribution < -0.4 is 20.6 Å². The molecule has 0 aliphatic carbocycles. The summed E-state index contributed by atoms with van der Waals surface area (Å²) in [6.45, 7) is 3.54. The number of pyridine rings is 1. The number of nitrogens with one attached hydrogen (secondary N) is 1. The Kier molecular flexibility index (Phi) is 6.39. The molecular formula is C27H24FN3O5.